The summed E-state index contributed by atoms with van der Waals surface area (Å²) < 4.78 is 0. The van der Waals surface area contributed by atoms with Crippen LogP contribution in [0.3, 0.4) is 0 Å². The van der Waals surface area contributed by atoms with Gasteiger partial charge in [-0.15, -0.1) is 13.1 Å². The first-order valence-corrected chi connectivity index (χ1v) is 15.6. The number of halogens is 2. The van der Waals surface area contributed by atoms with E-state index in [0.717, 1.165) is 0 Å². The molecule has 0 spiro atoms. The molecule has 4 N–H and O–H groups in total. The number of benzene rings is 2. The molecule has 0 radical (unpaired) electrons. The van der Waals surface area contributed by atoms with Crippen molar-refractivity contribution < 1.29 is 15.4 Å². The molecule has 28 heavy (non-hydrogen) atoms. The molecule has 0 saturated carbocycles. The van der Waals surface area contributed by atoms with E-state index in [2.05, 4.69) is 71.1 Å². The molecule has 3 nitrogen and oxygen atoms in total. The number of nitrogens with two attached hydrogens (primary N) is 2. The molecule has 0 amide bonds. The van der Waals surface area contributed by atoms with Crippen molar-refractivity contribution in [3.05, 3.63) is 74.1 Å². The molecule has 0 saturated heterocycles. The molecule has 2 unspecified atom stereocenters. The average Bonchev–Trinajstić information content (AvgIpc) is 2.53. The van der Waals surface area contributed by atoms with E-state index in [1.54, 1.807) is 0 Å². The van der Waals surface area contributed by atoms with Gasteiger partial charge in [-0.05, 0) is 74.9 Å². The number of aryl methyl sites for hydroxylation is 6. The fourth-order valence-corrected chi connectivity index (χ4v) is 4.09. The maximum absolute atomic E-state index is 6.42. The Morgan fingerprint density at radius 3 is 1.21 bits per heavy atom. The van der Waals surface area contributed by atoms with Crippen LogP contribution in [0.25, 0.3) is 5.32 Å². The van der Waals surface area contributed by atoms with Crippen LogP contribution in [0.4, 0.5) is 0 Å². The molecule has 0 aliphatic carbocycles. The molecule has 0 bridgehead atoms. The van der Waals surface area contributed by atoms with Gasteiger partial charge < -0.3 is 16.8 Å². The molecule has 2 atom stereocenters. The molecular formula is C22H32Cl2N3Os-. The molecule has 2 rings (SSSR count). The van der Waals surface area contributed by atoms with E-state index in [9.17, 15) is 0 Å². The molecule has 158 valence electrons. The Bertz CT molecular complexity index is 671. The molecule has 0 heterocycles. The summed E-state index contributed by atoms with van der Waals surface area (Å²) in [6, 6.07) is 8.60. The van der Waals surface area contributed by atoms with Crippen LogP contribution in [0.2, 0.25) is 0 Å². The van der Waals surface area contributed by atoms with E-state index in [1.807, 2.05) is 0 Å². The summed E-state index contributed by atoms with van der Waals surface area (Å²) in [6.07, 6.45) is 0. The normalized spacial score (nSPS) is 13.1. The van der Waals surface area contributed by atoms with E-state index < -0.39 is 15.4 Å². The van der Waals surface area contributed by atoms with Crippen LogP contribution in [0.15, 0.2) is 24.3 Å². The minimum atomic E-state index is -0.639. The average molecular weight is 600 g/mol. The predicted molar refractivity (Wildman–Crippen MR) is 120 cm³/mol. The Balaban J connectivity index is 0.00000122. The molecular weight excluding hydrogens is 567 g/mol. The van der Waals surface area contributed by atoms with Crippen LogP contribution in [-0.4, -0.2) is 13.1 Å². The first kappa shape index (κ1) is 25.6. The van der Waals surface area contributed by atoms with E-state index >= 15 is 0 Å². The zero-order chi connectivity index (χ0) is 21.4. The van der Waals surface area contributed by atoms with Gasteiger partial charge in [-0.2, -0.15) is 0 Å². The zero-order valence-corrected chi connectivity index (χ0v) is 21.6. The zero-order valence-electron chi connectivity index (χ0n) is 17.6. The second-order valence-corrected chi connectivity index (χ2v) is 11.1. The Morgan fingerprint density at radius 2 is 0.964 bits per heavy atom. The van der Waals surface area contributed by atoms with Gasteiger partial charge in [0.05, 0.1) is 0 Å². The van der Waals surface area contributed by atoms with Crippen molar-refractivity contribution in [3.8, 4) is 0 Å². The van der Waals surface area contributed by atoms with Gasteiger partial charge in [-0.25, -0.2) is 0 Å². The minimum absolute atomic E-state index is 0.0759. The van der Waals surface area contributed by atoms with Gasteiger partial charge >= 0.3 is 34.7 Å². The Labute approximate surface area is 186 Å². The van der Waals surface area contributed by atoms with E-state index in [4.69, 9.17) is 30.7 Å². The fraction of sp³-hybridized carbons (Fsp3) is 0.455. The third-order valence-corrected chi connectivity index (χ3v) is 4.87. The van der Waals surface area contributed by atoms with Crippen LogP contribution in [0, 0.1) is 41.5 Å². The summed E-state index contributed by atoms with van der Waals surface area (Å²) in [6.45, 7) is 13.9. The third-order valence-electron chi connectivity index (χ3n) is 4.87. The number of rotatable bonds is 6. The van der Waals surface area contributed by atoms with E-state index in [0.29, 0.717) is 13.1 Å². The monoisotopic (exact) mass is 600 g/mol. The molecule has 2 aromatic carbocycles. The summed E-state index contributed by atoms with van der Waals surface area (Å²) in [7, 11) is 9.81. The van der Waals surface area contributed by atoms with Gasteiger partial charge in [0.2, 0.25) is 0 Å². The standard InChI is InChI=1S/C22H32N3.2ClH.Os/c1-13-7-15(3)21(16(4)8-13)19(23)11-25-12-20(24)22-17(5)9-14(2)10-18(22)6;;;/h7-10,19-20H,11-12,23-24H2,1-6H3;2*1H;/q-1;;;+2/p-2. The van der Waals surface area contributed by atoms with Gasteiger partial charge in [0.15, 0.2) is 0 Å². The van der Waals surface area contributed by atoms with Crippen LogP contribution in [0.1, 0.15) is 56.6 Å². The van der Waals surface area contributed by atoms with Crippen molar-refractivity contribution in [2.45, 2.75) is 53.6 Å². The molecule has 2 aromatic rings. The predicted octanol–water partition coefficient (Wildman–Crippen LogP) is 5.99. The molecule has 0 fully saturated rings. The summed E-state index contributed by atoms with van der Waals surface area (Å²) in [4.78, 5) is 0. The second kappa shape index (κ2) is 12.3. The van der Waals surface area contributed by atoms with Crippen molar-refractivity contribution >= 4 is 19.3 Å². The first-order chi connectivity index (χ1) is 13.1. The quantitative estimate of drug-likeness (QED) is 0.429. The SMILES string of the molecule is Cc1cc(C)c(C(N)C[N-]CC(N)c2c(C)cc(C)cc2C)c(C)c1.[Cl][Os][Cl]. The van der Waals surface area contributed by atoms with Gasteiger partial charge in [0.25, 0.3) is 0 Å². The summed E-state index contributed by atoms with van der Waals surface area (Å²) in [5.74, 6) is 0. The van der Waals surface area contributed by atoms with Crippen molar-refractivity contribution in [2.75, 3.05) is 13.1 Å². The number of nitrogens with zero attached hydrogens (tertiary/aromatic N) is 1. The molecule has 0 aromatic heterocycles. The van der Waals surface area contributed by atoms with E-state index in [1.165, 1.54) is 44.5 Å². The summed E-state index contributed by atoms with van der Waals surface area (Å²) in [5, 5.41) is 4.68. The van der Waals surface area contributed by atoms with Crippen molar-refractivity contribution in [2.24, 2.45) is 11.5 Å². The third kappa shape index (κ3) is 7.41. The fourth-order valence-electron chi connectivity index (χ4n) is 4.09. The van der Waals surface area contributed by atoms with Crippen molar-refractivity contribution in [3.63, 3.8) is 0 Å². The van der Waals surface area contributed by atoms with Gasteiger partial charge in [0.1, 0.15) is 0 Å². The van der Waals surface area contributed by atoms with Crippen LogP contribution >= 0.6 is 19.3 Å². The van der Waals surface area contributed by atoms with E-state index in [-0.39, 0.29) is 12.1 Å². The summed E-state index contributed by atoms with van der Waals surface area (Å²) >= 11 is -0.639. The number of hydrogen-bond acceptors (Lipinski definition) is 2. The maximum atomic E-state index is 6.42. The topological polar surface area (TPSA) is 66.1 Å². The number of hydrogen-bond donors (Lipinski definition) is 2. The Kier molecular flexibility index (Phi) is 11.2. The van der Waals surface area contributed by atoms with Crippen molar-refractivity contribution in [1.82, 2.24) is 0 Å². The molecule has 0 aliphatic rings. The summed E-state index contributed by atoms with van der Waals surface area (Å²) in [5.41, 5.74) is 22.8. The Morgan fingerprint density at radius 1 is 0.714 bits per heavy atom. The molecule has 6 heteroatoms. The second-order valence-electron chi connectivity index (χ2n) is 7.48. The van der Waals surface area contributed by atoms with Crippen LogP contribution < -0.4 is 11.5 Å². The van der Waals surface area contributed by atoms with Crippen molar-refractivity contribution in [1.29, 1.82) is 0 Å². The van der Waals surface area contributed by atoms with Gasteiger partial charge in [-0.3, -0.25) is 0 Å². The Hall–Kier alpha value is -0.464. The molecule has 0 aliphatic heterocycles. The van der Waals surface area contributed by atoms with Gasteiger partial charge in [-0.1, -0.05) is 35.4 Å². The van der Waals surface area contributed by atoms with Crippen LogP contribution in [-0.2, 0) is 15.4 Å². The first-order valence-electron chi connectivity index (χ1n) is 9.27. The van der Waals surface area contributed by atoms with Gasteiger partial charge in [0, 0.05) is 12.1 Å². The van der Waals surface area contributed by atoms with Crippen LogP contribution in [0.5, 0.6) is 0 Å².